The van der Waals surface area contributed by atoms with Gasteiger partial charge >= 0.3 is 0 Å². The Labute approximate surface area is 172 Å². The Kier molecular flexibility index (Phi) is 3.39. The SMILES string of the molecule is COc1ccc2c3c(cccc13)OC1(C=C(c3ccco3)C(=O)c3ccccc31)O2. The van der Waals surface area contributed by atoms with Gasteiger partial charge in [0.2, 0.25) is 0 Å². The largest absolute Gasteiger partial charge is 0.496 e. The summed E-state index contributed by atoms with van der Waals surface area (Å²) in [6, 6.07) is 20.4. The summed E-state index contributed by atoms with van der Waals surface area (Å²) in [5.74, 6) is 1.11. The Hall–Kier alpha value is -3.99. The van der Waals surface area contributed by atoms with E-state index in [1.54, 1.807) is 37.6 Å². The van der Waals surface area contributed by atoms with Gasteiger partial charge in [-0.3, -0.25) is 4.79 Å². The van der Waals surface area contributed by atoms with Crippen molar-refractivity contribution in [3.63, 3.8) is 0 Å². The number of fused-ring (bicyclic) bond motifs is 2. The molecule has 2 aliphatic rings. The molecule has 5 nitrogen and oxygen atoms in total. The second-order valence-electron chi connectivity index (χ2n) is 7.23. The molecule has 1 spiro atoms. The summed E-state index contributed by atoms with van der Waals surface area (Å²) in [7, 11) is 1.64. The molecule has 0 bridgehead atoms. The van der Waals surface area contributed by atoms with Crippen molar-refractivity contribution in [2.45, 2.75) is 5.79 Å². The molecule has 146 valence electrons. The van der Waals surface area contributed by atoms with Crippen LogP contribution in [0.5, 0.6) is 17.2 Å². The Bertz CT molecular complexity index is 1340. The van der Waals surface area contributed by atoms with Gasteiger partial charge in [-0.2, -0.15) is 0 Å². The lowest BCUT2D eigenvalue weighted by molar-refractivity contribution is -0.0834. The zero-order chi connectivity index (χ0) is 20.3. The molecule has 1 aliphatic heterocycles. The first-order valence-electron chi connectivity index (χ1n) is 9.59. The monoisotopic (exact) mass is 396 g/mol. The average Bonchev–Trinajstić information content (AvgIpc) is 3.32. The second-order valence-corrected chi connectivity index (χ2v) is 7.23. The van der Waals surface area contributed by atoms with Crippen molar-refractivity contribution in [3.05, 3.63) is 96.0 Å². The molecule has 1 atom stereocenters. The molecular weight excluding hydrogens is 380 g/mol. The first-order valence-corrected chi connectivity index (χ1v) is 9.59. The predicted octanol–water partition coefficient (Wildman–Crippen LogP) is 5.35. The highest BCUT2D eigenvalue weighted by Gasteiger charge is 2.47. The van der Waals surface area contributed by atoms with Crippen LogP contribution in [0.2, 0.25) is 0 Å². The maximum absolute atomic E-state index is 13.2. The van der Waals surface area contributed by atoms with E-state index in [0.29, 0.717) is 34.0 Å². The number of allylic oxidation sites excluding steroid dienone is 1. The van der Waals surface area contributed by atoms with Gasteiger partial charge in [0.15, 0.2) is 5.78 Å². The highest BCUT2D eigenvalue weighted by atomic mass is 16.7. The fourth-order valence-electron chi connectivity index (χ4n) is 4.26. The molecule has 0 amide bonds. The highest BCUT2D eigenvalue weighted by molar-refractivity contribution is 6.30. The average molecular weight is 396 g/mol. The summed E-state index contributed by atoms with van der Waals surface area (Å²) < 4.78 is 24.0. The molecule has 1 aliphatic carbocycles. The summed E-state index contributed by atoms with van der Waals surface area (Å²) in [6.45, 7) is 0. The Balaban J connectivity index is 1.62. The molecular formula is C25H16O5. The Morgan fingerprint density at radius 1 is 0.867 bits per heavy atom. The van der Waals surface area contributed by atoms with E-state index >= 15 is 0 Å². The molecule has 0 saturated carbocycles. The third-order valence-corrected chi connectivity index (χ3v) is 5.58. The summed E-state index contributed by atoms with van der Waals surface area (Å²) in [5, 5.41) is 1.74. The normalized spacial score (nSPS) is 19.1. The Morgan fingerprint density at radius 3 is 2.50 bits per heavy atom. The van der Waals surface area contributed by atoms with Crippen LogP contribution in [0.4, 0.5) is 0 Å². The number of carbonyl (C=O) groups is 1. The first-order chi connectivity index (χ1) is 14.7. The van der Waals surface area contributed by atoms with Gasteiger partial charge < -0.3 is 18.6 Å². The molecule has 30 heavy (non-hydrogen) atoms. The van der Waals surface area contributed by atoms with Crippen molar-refractivity contribution in [3.8, 4) is 17.2 Å². The number of benzene rings is 3. The number of hydrogen-bond acceptors (Lipinski definition) is 5. The zero-order valence-electron chi connectivity index (χ0n) is 16.0. The molecule has 0 radical (unpaired) electrons. The minimum atomic E-state index is -1.29. The summed E-state index contributed by atoms with van der Waals surface area (Å²) in [6.07, 6.45) is 3.25. The van der Waals surface area contributed by atoms with E-state index in [1.165, 1.54) is 0 Å². The van der Waals surface area contributed by atoms with E-state index in [2.05, 4.69) is 0 Å². The van der Waals surface area contributed by atoms with E-state index in [9.17, 15) is 4.79 Å². The van der Waals surface area contributed by atoms with E-state index in [4.69, 9.17) is 18.6 Å². The maximum atomic E-state index is 13.2. The molecule has 5 heteroatoms. The van der Waals surface area contributed by atoms with E-state index < -0.39 is 5.79 Å². The molecule has 0 saturated heterocycles. The highest BCUT2D eigenvalue weighted by Crippen LogP contribution is 2.50. The molecule has 6 rings (SSSR count). The van der Waals surface area contributed by atoms with Crippen LogP contribution in [-0.2, 0) is 5.79 Å². The van der Waals surface area contributed by atoms with Crippen LogP contribution in [0.1, 0.15) is 21.7 Å². The summed E-state index contributed by atoms with van der Waals surface area (Å²) >= 11 is 0. The zero-order valence-corrected chi connectivity index (χ0v) is 16.0. The minimum Gasteiger partial charge on any atom is -0.496 e. The molecule has 2 heterocycles. The van der Waals surface area contributed by atoms with Crippen LogP contribution >= 0.6 is 0 Å². The van der Waals surface area contributed by atoms with E-state index in [1.807, 2.05) is 48.5 Å². The van der Waals surface area contributed by atoms with Crippen molar-refractivity contribution in [1.82, 2.24) is 0 Å². The molecule has 1 unspecified atom stereocenters. The van der Waals surface area contributed by atoms with Crippen molar-refractivity contribution in [2.75, 3.05) is 7.11 Å². The standard InChI is InChI=1S/C25H16O5/c1-27-19-11-12-22-23-16(19)7-4-9-21(23)29-25(30-22)14-17(20-10-5-13-28-20)24(26)15-6-2-3-8-18(15)25/h2-14H,1H3. The van der Waals surface area contributed by atoms with Crippen molar-refractivity contribution in [2.24, 2.45) is 0 Å². The summed E-state index contributed by atoms with van der Waals surface area (Å²) in [4.78, 5) is 13.2. The van der Waals surface area contributed by atoms with Crippen molar-refractivity contribution >= 4 is 22.1 Å². The third kappa shape index (κ3) is 2.20. The van der Waals surface area contributed by atoms with Gasteiger partial charge in [-0.05, 0) is 30.3 Å². The molecule has 0 fully saturated rings. The van der Waals surface area contributed by atoms with Crippen LogP contribution in [0.3, 0.4) is 0 Å². The van der Waals surface area contributed by atoms with E-state index in [-0.39, 0.29) is 5.78 Å². The number of rotatable bonds is 2. The molecule has 0 N–H and O–H groups in total. The third-order valence-electron chi connectivity index (χ3n) is 5.58. The topological polar surface area (TPSA) is 57.9 Å². The second kappa shape index (κ2) is 6.00. The molecule has 3 aromatic carbocycles. The number of ether oxygens (including phenoxy) is 3. The van der Waals surface area contributed by atoms with Gasteiger partial charge in [-0.15, -0.1) is 0 Å². The lowest BCUT2D eigenvalue weighted by Gasteiger charge is -2.40. The van der Waals surface area contributed by atoms with Crippen LogP contribution in [0.25, 0.3) is 16.3 Å². The van der Waals surface area contributed by atoms with E-state index in [0.717, 1.165) is 16.5 Å². The smallest absolute Gasteiger partial charge is 0.300 e. The molecule has 4 aromatic rings. The number of carbonyl (C=O) groups excluding carboxylic acids is 1. The van der Waals surface area contributed by atoms with Crippen LogP contribution in [0.15, 0.2) is 83.5 Å². The van der Waals surface area contributed by atoms with Crippen LogP contribution in [0, 0.1) is 0 Å². The van der Waals surface area contributed by atoms with Gasteiger partial charge in [-0.1, -0.05) is 36.4 Å². The fraction of sp³-hybridized carbons (Fsp3) is 0.0800. The van der Waals surface area contributed by atoms with Crippen LogP contribution < -0.4 is 14.2 Å². The van der Waals surface area contributed by atoms with Gasteiger partial charge in [-0.25, -0.2) is 0 Å². The summed E-state index contributed by atoms with van der Waals surface area (Å²) in [5.41, 5.74) is 1.59. The number of Topliss-reactive ketones (excluding diaryl/α,β-unsaturated/α-hetero) is 1. The number of furan rings is 1. The first kappa shape index (κ1) is 16.9. The van der Waals surface area contributed by atoms with Gasteiger partial charge in [0, 0.05) is 17.0 Å². The number of ketones is 1. The van der Waals surface area contributed by atoms with Gasteiger partial charge in [0.05, 0.1) is 29.9 Å². The van der Waals surface area contributed by atoms with Crippen LogP contribution in [-0.4, -0.2) is 12.9 Å². The fourth-order valence-corrected chi connectivity index (χ4v) is 4.26. The maximum Gasteiger partial charge on any atom is 0.300 e. The number of methoxy groups -OCH3 is 1. The quantitative estimate of drug-likeness (QED) is 0.457. The lowest BCUT2D eigenvalue weighted by atomic mass is 9.84. The van der Waals surface area contributed by atoms with Gasteiger partial charge in [0.1, 0.15) is 23.0 Å². The van der Waals surface area contributed by atoms with Crippen molar-refractivity contribution < 1.29 is 23.4 Å². The minimum absolute atomic E-state index is 0.128. The van der Waals surface area contributed by atoms with Crippen molar-refractivity contribution in [1.29, 1.82) is 0 Å². The lowest BCUT2D eigenvalue weighted by Crippen LogP contribution is -2.43. The van der Waals surface area contributed by atoms with Gasteiger partial charge in [0.25, 0.3) is 5.79 Å². The predicted molar refractivity (Wildman–Crippen MR) is 111 cm³/mol. The molecule has 1 aromatic heterocycles. The number of hydrogen-bond donors (Lipinski definition) is 0. The Morgan fingerprint density at radius 2 is 1.70 bits per heavy atom.